The second-order valence-electron chi connectivity index (χ2n) is 10.8. The first-order chi connectivity index (χ1) is 19.7. The zero-order valence-electron chi connectivity index (χ0n) is 23.0. The van der Waals surface area contributed by atoms with Crippen LogP contribution in [0.4, 0.5) is 5.69 Å². The van der Waals surface area contributed by atoms with Crippen molar-refractivity contribution in [2.45, 2.75) is 25.7 Å². The molecule has 1 fully saturated rings. The van der Waals surface area contributed by atoms with E-state index in [1.807, 2.05) is 6.08 Å². The van der Waals surface area contributed by atoms with Gasteiger partial charge in [0.1, 0.15) is 0 Å². The Bertz CT molecular complexity index is 1620. The molecule has 0 spiro atoms. The van der Waals surface area contributed by atoms with Gasteiger partial charge in [-0.3, -0.25) is 24.1 Å². The van der Waals surface area contributed by atoms with Crippen LogP contribution in [0, 0.1) is 17.8 Å². The molecule has 2 amide bonds. The Kier molecular flexibility index (Phi) is 6.29. The largest absolute Gasteiger partial charge is 0.502 e. The van der Waals surface area contributed by atoms with E-state index < -0.39 is 23.7 Å². The summed E-state index contributed by atoms with van der Waals surface area (Å²) in [5, 5.41) is 10.6. The number of nitrogens with zero attached hydrogens (tertiary/aromatic N) is 1. The molecule has 0 aromatic heterocycles. The van der Waals surface area contributed by atoms with Crippen molar-refractivity contribution in [2.75, 3.05) is 19.1 Å². The highest BCUT2D eigenvalue weighted by Gasteiger charge is 2.56. The molecule has 0 unspecified atom stereocenters. The highest BCUT2D eigenvalue weighted by molar-refractivity contribution is 6.25. The molecule has 0 radical (unpaired) electrons. The lowest BCUT2D eigenvalue weighted by Crippen LogP contribution is -2.39. The Hall–Kier alpha value is -4.72. The topological polar surface area (TPSA) is 110 Å². The predicted molar refractivity (Wildman–Crippen MR) is 152 cm³/mol. The summed E-state index contributed by atoms with van der Waals surface area (Å²) in [5.41, 5.74) is 3.80. The van der Waals surface area contributed by atoms with Crippen LogP contribution in [-0.2, 0) is 19.2 Å². The average Bonchev–Trinajstić information content (AvgIpc) is 3.24. The van der Waals surface area contributed by atoms with Gasteiger partial charge in [0.15, 0.2) is 23.1 Å². The lowest BCUT2D eigenvalue weighted by molar-refractivity contribution is -0.123. The van der Waals surface area contributed by atoms with E-state index in [0.717, 1.165) is 11.1 Å². The maximum atomic E-state index is 14.0. The third-order valence-corrected chi connectivity index (χ3v) is 8.78. The predicted octanol–water partition coefficient (Wildman–Crippen LogP) is 4.69. The van der Waals surface area contributed by atoms with Gasteiger partial charge in [-0.05, 0) is 67.2 Å². The first kappa shape index (κ1) is 26.5. The number of hydrogen-bond acceptors (Lipinski definition) is 7. The van der Waals surface area contributed by atoms with E-state index in [1.54, 1.807) is 49.4 Å². The van der Waals surface area contributed by atoms with Gasteiger partial charge in [-0.2, -0.15) is 0 Å². The van der Waals surface area contributed by atoms with E-state index in [1.165, 1.54) is 25.2 Å². The Morgan fingerprint density at radius 1 is 0.976 bits per heavy atom. The molecular weight excluding hydrogens is 522 g/mol. The number of Topliss-reactive ketones (excluding diaryl/α,β-unsaturated/α-hetero) is 1. The Morgan fingerprint density at radius 3 is 2.24 bits per heavy atom. The van der Waals surface area contributed by atoms with Crippen molar-refractivity contribution < 1.29 is 33.8 Å². The van der Waals surface area contributed by atoms with Crippen molar-refractivity contribution in [3.63, 3.8) is 0 Å². The second-order valence-corrected chi connectivity index (χ2v) is 10.8. The Morgan fingerprint density at radius 2 is 1.63 bits per heavy atom. The molecule has 3 aliphatic carbocycles. The van der Waals surface area contributed by atoms with Crippen molar-refractivity contribution in [3.05, 3.63) is 88.5 Å². The molecule has 8 heteroatoms. The molecule has 208 valence electrons. The molecule has 2 aromatic carbocycles. The van der Waals surface area contributed by atoms with Gasteiger partial charge >= 0.3 is 0 Å². The van der Waals surface area contributed by atoms with E-state index in [2.05, 4.69) is 6.58 Å². The van der Waals surface area contributed by atoms with Crippen molar-refractivity contribution in [2.24, 2.45) is 17.8 Å². The number of hydrogen-bond donors (Lipinski definition) is 1. The van der Waals surface area contributed by atoms with Crippen LogP contribution in [0.25, 0.3) is 6.08 Å². The van der Waals surface area contributed by atoms with E-state index in [0.29, 0.717) is 34.4 Å². The van der Waals surface area contributed by atoms with Gasteiger partial charge in [-0.25, -0.2) is 0 Å². The summed E-state index contributed by atoms with van der Waals surface area (Å²) < 4.78 is 10.8. The fourth-order valence-electron chi connectivity index (χ4n) is 6.86. The number of phenols is 1. The second kappa shape index (κ2) is 9.73. The molecule has 2 aromatic rings. The molecule has 1 heterocycles. The van der Waals surface area contributed by atoms with Crippen LogP contribution in [0.5, 0.6) is 17.2 Å². The number of benzene rings is 2. The number of ketones is 2. The number of carbonyl (C=O) groups excluding carboxylic acids is 4. The molecule has 0 saturated carbocycles. The van der Waals surface area contributed by atoms with Gasteiger partial charge in [0.05, 0.1) is 31.7 Å². The molecule has 6 rings (SSSR count). The first-order valence-electron chi connectivity index (χ1n) is 13.5. The summed E-state index contributed by atoms with van der Waals surface area (Å²) >= 11 is 0. The molecule has 1 saturated heterocycles. The molecule has 0 bridgehead atoms. The van der Waals surface area contributed by atoms with Crippen LogP contribution in [0.2, 0.25) is 0 Å². The van der Waals surface area contributed by atoms with Crippen molar-refractivity contribution in [1.82, 2.24) is 0 Å². The maximum Gasteiger partial charge on any atom is 0.238 e. The number of rotatable bonds is 5. The van der Waals surface area contributed by atoms with Gasteiger partial charge in [-0.15, -0.1) is 0 Å². The number of amides is 2. The number of imide groups is 1. The van der Waals surface area contributed by atoms with Crippen molar-refractivity contribution in [1.29, 1.82) is 0 Å². The number of methoxy groups -OCH3 is 2. The van der Waals surface area contributed by atoms with Crippen LogP contribution < -0.4 is 14.4 Å². The number of ether oxygens (including phenoxy) is 2. The van der Waals surface area contributed by atoms with Gasteiger partial charge in [0, 0.05) is 22.6 Å². The lowest BCUT2D eigenvalue weighted by atomic mass is 9.59. The summed E-state index contributed by atoms with van der Waals surface area (Å²) in [7, 11) is 2.83. The summed E-state index contributed by atoms with van der Waals surface area (Å²) in [6.45, 7) is 5.37. The zero-order chi connectivity index (χ0) is 29.2. The average molecular weight is 552 g/mol. The lowest BCUT2D eigenvalue weighted by Gasteiger charge is -2.42. The fourth-order valence-corrected chi connectivity index (χ4v) is 6.86. The molecular formula is C33H29NO7. The third-order valence-electron chi connectivity index (χ3n) is 8.78. The molecule has 1 aliphatic heterocycles. The molecule has 8 nitrogen and oxygen atoms in total. The van der Waals surface area contributed by atoms with Gasteiger partial charge < -0.3 is 14.6 Å². The standard InChI is InChI=1S/C33H29NO7/c1-5-17-6-8-19(9-7-17)34-32(38)21-11-10-20-22(28(21)33(34)39)15-23-29(24(35)12-16(2)30(23)36)27(20)18-13-25(40-3)31(37)26(14-18)41-4/h5-10,12-14,21-22,27-28,37H,1,11,15H2,2-4H3/t21-,22+,27-,28-/m0/s1. The van der Waals surface area contributed by atoms with Crippen LogP contribution in [0.15, 0.2) is 77.4 Å². The minimum atomic E-state index is -0.687. The summed E-state index contributed by atoms with van der Waals surface area (Å²) in [4.78, 5) is 55.9. The Labute approximate surface area is 237 Å². The van der Waals surface area contributed by atoms with Crippen LogP contribution in [0.1, 0.15) is 36.8 Å². The minimum absolute atomic E-state index is 0.153. The van der Waals surface area contributed by atoms with E-state index in [4.69, 9.17) is 9.47 Å². The Balaban J connectivity index is 1.50. The molecule has 4 aliphatic rings. The van der Waals surface area contributed by atoms with Crippen LogP contribution >= 0.6 is 0 Å². The summed E-state index contributed by atoms with van der Waals surface area (Å²) in [6, 6.07) is 10.3. The van der Waals surface area contributed by atoms with E-state index >= 15 is 0 Å². The fraction of sp³-hybridized carbons (Fsp3) is 0.273. The SMILES string of the molecule is C=Cc1ccc(N2C(=O)[C@H]3[C@H](CC=C4[C@H](c5cc(OC)c(O)c(OC)c5)C5=C(C[C@H]43)C(=O)C(C)=CC5=O)C2=O)cc1. The number of allylic oxidation sites excluding steroid dienone is 6. The molecule has 1 N–H and O–H groups in total. The van der Waals surface area contributed by atoms with Crippen molar-refractivity contribution in [3.8, 4) is 17.2 Å². The normalized spacial score (nSPS) is 25.3. The van der Waals surface area contributed by atoms with E-state index in [-0.39, 0.29) is 47.1 Å². The monoisotopic (exact) mass is 551 g/mol. The maximum absolute atomic E-state index is 14.0. The quantitative estimate of drug-likeness (QED) is 0.326. The smallest absolute Gasteiger partial charge is 0.238 e. The summed E-state index contributed by atoms with van der Waals surface area (Å²) in [5.74, 6) is -3.39. The highest BCUT2D eigenvalue weighted by atomic mass is 16.5. The number of phenolic OH excluding ortho intramolecular Hbond substituents is 1. The van der Waals surface area contributed by atoms with Gasteiger partial charge in [-0.1, -0.05) is 36.4 Å². The van der Waals surface area contributed by atoms with Gasteiger partial charge in [0.2, 0.25) is 17.6 Å². The minimum Gasteiger partial charge on any atom is -0.502 e. The zero-order valence-corrected chi connectivity index (χ0v) is 23.0. The number of fused-ring (bicyclic) bond motifs is 3. The highest BCUT2D eigenvalue weighted by Crippen LogP contribution is 2.56. The number of carbonyl (C=O) groups is 4. The number of anilines is 1. The van der Waals surface area contributed by atoms with Crippen molar-refractivity contribution >= 4 is 35.1 Å². The first-order valence-corrected chi connectivity index (χ1v) is 13.5. The molecule has 4 atom stereocenters. The van der Waals surface area contributed by atoms with E-state index in [9.17, 15) is 24.3 Å². The molecule has 41 heavy (non-hydrogen) atoms. The number of aromatic hydroxyl groups is 1. The van der Waals surface area contributed by atoms with Gasteiger partial charge in [0.25, 0.3) is 0 Å². The van der Waals surface area contributed by atoms with Crippen LogP contribution in [-0.4, -0.2) is 42.7 Å². The third kappa shape index (κ3) is 3.89. The summed E-state index contributed by atoms with van der Waals surface area (Å²) in [6.07, 6.45) is 5.50. The van der Waals surface area contributed by atoms with Crippen LogP contribution in [0.3, 0.4) is 0 Å².